The van der Waals surface area contributed by atoms with Crippen LogP contribution in [0.3, 0.4) is 0 Å². The molecule has 1 aliphatic heterocycles. The lowest BCUT2D eigenvalue weighted by molar-refractivity contribution is 0.0820. The van der Waals surface area contributed by atoms with Gasteiger partial charge in [0.2, 0.25) is 0 Å². The SMILES string of the molecule is CC(O)C1CCN(C(=O)Nc2cccc3c2CCCC3)CC1. The summed E-state index contributed by atoms with van der Waals surface area (Å²) in [7, 11) is 0. The van der Waals surface area contributed by atoms with Crippen LogP contribution in [0.4, 0.5) is 10.5 Å². The molecule has 0 aromatic heterocycles. The quantitative estimate of drug-likeness (QED) is 0.881. The number of carbonyl (C=O) groups excluding carboxylic acids is 1. The van der Waals surface area contributed by atoms with Crippen molar-refractivity contribution in [1.29, 1.82) is 0 Å². The molecule has 1 atom stereocenters. The standard InChI is InChI=1S/C18H26N2O2/c1-13(21)14-9-11-20(12-10-14)18(22)19-17-8-4-6-15-5-2-3-7-16(15)17/h4,6,8,13-14,21H,2-3,5,7,9-12H2,1H3,(H,19,22). The molecule has 4 heteroatoms. The van der Waals surface area contributed by atoms with E-state index in [2.05, 4.69) is 11.4 Å². The number of anilines is 1. The molecule has 1 fully saturated rings. The van der Waals surface area contributed by atoms with Gasteiger partial charge >= 0.3 is 6.03 Å². The van der Waals surface area contributed by atoms with Crippen LogP contribution in [0.1, 0.15) is 43.7 Å². The Bertz CT molecular complexity index is 534. The molecular formula is C18H26N2O2. The topological polar surface area (TPSA) is 52.6 Å². The number of urea groups is 1. The van der Waals surface area contributed by atoms with Crippen molar-refractivity contribution in [3.05, 3.63) is 29.3 Å². The highest BCUT2D eigenvalue weighted by molar-refractivity contribution is 5.90. The number of hydrogen-bond acceptors (Lipinski definition) is 2. The molecule has 1 saturated heterocycles. The molecule has 2 aliphatic rings. The van der Waals surface area contributed by atoms with Gasteiger partial charge in [-0.15, -0.1) is 0 Å². The Hall–Kier alpha value is -1.55. The van der Waals surface area contributed by atoms with E-state index in [9.17, 15) is 9.90 Å². The summed E-state index contributed by atoms with van der Waals surface area (Å²) < 4.78 is 0. The molecule has 0 bridgehead atoms. The normalized spacial score (nSPS) is 20.4. The minimum absolute atomic E-state index is 0.00279. The Balaban J connectivity index is 1.63. The highest BCUT2D eigenvalue weighted by Gasteiger charge is 2.26. The monoisotopic (exact) mass is 302 g/mol. The third-order valence-corrected chi connectivity index (χ3v) is 5.15. The molecule has 1 unspecified atom stereocenters. The zero-order valence-corrected chi connectivity index (χ0v) is 13.3. The number of benzene rings is 1. The maximum atomic E-state index is 12.5. The Labute approximate surface area is 132 Å². The van der Waals surface area contributed by atoms with Crippen LogP contribution in [0.25, 0.3) is 0 Å². The number of amides is 2. The van der Waals surface area contributed by atoms with Crippen LogP contribution in [0.15, 0.2) is 18.2 Å². The van der Waals surface area contributed by atoms with Crippen LogP contribution in [0, 0.1) is 5.92 Å². The van der Waals surface area contributed by atoms with Crippen LogP contribution in [0.2, 0.25) is 0 Å². The predicted molar refractivity (Wildman–Crippen MR) is 88.1 cm³/mol. The van der Waals surface area contributed by atoms with Gasteiger partial charge < -0.3 is 15.3 Å². The summed E-state index contributed by atoms with van der Waals surface area (Å²) >= 11 is 0. The molecule has 2 amide bonds. The second-order valence-corrected chi connectivity index (χ2v) is 6.65. The summed E-state index contributed by atoms with van der Waals surface area (Å²) in [5, 5.41) is 12.8. The third-order valence-electron chi connectivity index (χ3n) is 5.15. The Morgan fingerprint density at radius 2 is 2.00 bits per heavy atom. The Kier molecular flexibility index (Phi) is 4.67. The lowest BCUT2D eigenvalue weighted by Crippen LogP contribution is -2.43. The number of rotatable bonds is 2. The van der Waals surface area contributed by atoms with Gasteiger partial charge in [0.25, 0.3) is 0 Å². The number of piperidine rings is 1. The molecular weight excluding hydrogens is 276 g/mol. The van der Waals surface area contributed by atoms with Gasteiger partial charge in [0, 0.05) is 18.8 Å². The number of aryl methyl sites for hydroxylation is 1. The smallest absolute Gasteiger partial charge is 0.321 e. The first-order chi connectivity index (χ1) is 10.6. The number of aliphatic hydroxyl groups is 1. The zero-order valence-electron chi connectivity index (χ0n) is 13.3. The molecule has 120 valence electrons. The van der Waals surface area contributed by atoms with Gasteiger partial charge in [-0.2, -0.15) is 0 Å². The average Bonchev–Trinajstić information content (AvgIpc) is 2.55. The van der Waals surface area contributed by atoms with E-state index < -0.39 is 0 Å². The molecule has 3 rings (SSSR count). The summed E-state index contributed by atoms with van der Waals surface area (Å²) in [6, 6.07) is 6.24. The second-order valence-electron chi connectivity index (χ2n) is 6.65. The molecule has 1 aromatic carbocycles. The highest BCUT2D eigenvalue weighted by Crippen LogP contribution is 2.28. The molecule has 1 aliphatic carbocycles. The molecule has 0 radical (unpaired) electrons. The molecule has 0 spiro atoms. The maximum absolute atomic E-state index is 12.5. The van der Waals surface area contributed by atoms with Gasteiger partial charge in [-0.05, 0) is 68.6 Å². The summed E-state index contributed by atoms with van der Waals surface area (Å²) in [5.41, 5.74) is 3.69. The fraction of sp³-hybridized carbons (Fsp3) is 0.611. The van der Waals surface area contributed by atoms with E-state index in [-0.39, 0.29) is 12.1 Å². The Morgan fingerprint density at radius 1 is 1.27 bits per heavy atom. The van der Waals surface area contributed by atoms with E-state index in [1.165, 1.54) is 24.0 Å². The first-order valence-electron chi connectivity index (χ1n) is 8.50. The molecule has 1 aromatic rings. The zero-order chi connectivity index (χ0) is 15.5. The van der Waals surface area contributed by atoms with Gasteiger partial charge in [0.1, 0.15) is 0 Å². The van der Waals surface area contributed by atoms with Crippen LogP contribution in [-0.2, 0) is 12.8 Å². The molecule has 2 N–H and O–H groups in total. The van der Waals surface area contributed by atoms with Crippen LogP contribution >= 0.6 is 0 Å². The number of nitrogens with zero attached hydrogens (tertiary/aromatic N) is 1. The van der Waals surface area contributed by atoms with Crippen molar-refractivity contribution in [2.45, 2.75) is 51.6 Å². The minimum Gasteiger partial charge on any atom is -0.393 e. The van der Waals surface area contributed by atoms with Gasteiger partial charge in [0.05, 0.1) is 6.10 Å². The lowest BCUT2D eigenvalue weighted by atomic mass is 9.90. The maximum Gasteiger partial charge on any atom is 0.321 e. The number of nitrogens with one attached hydrogen (secondary N) is 1. The first kappa shape index (κ1) is 15.3. The van der Waals surface area contributed by atoms with Gasteiger partial charge in [-0.25, -0.2) is 4.79 Å². The molecule has 0 saturated carbocycles. The van der Waals surface area contributed by atoms with E-state index in [0.29, 0.717) is 5.92 Å². The van der Waals surface area contributed by atoms with E-state index in [0.717, 1.165) is 44.5 Å². The average molecular weight is 302 g/mol. The van der Waals surface area contributed by atoms with Crippen LogP contribution < -0.4 is 5.32 Å². The molecule has 22 heavy (non-hydrogen) atoms. The largest absolute Gasteiger partial charge is 0.393 e. The number of aliphatic hydroxyl groups excluding tert-OH is 1. The van der Waals surface area contributed by atoms with E-state index in [4.69, 9.17) is 0 Å². The third kappa shape index (κ3) is 3.27. The predicted octanol–water partition coefficient (Wildman–Crippen LogP) is 3.19. The van der Waals surface area contributed by atoms with E-state index in [1.54, 1.807) is 0 Å². The van der Waals surface area contributed by atoms with Gasteiger partial charge in [-0.3, -0.25) is 0 Å². The van der Waals surface area contributed by atoms with Crippen molar-refractivity contribution < 1.29 is 9.90 Å². The summed E-state index contributed by atoms with van der Waals surface area (Å²) in [6.45, 7) is 3.31. The van der Waals surface area contributed by atoms with Crippen molar-refractivity contribution >= 4 is 11.7 Å². The van der Waals surface area contributed by atoms with Crippen LogP contribution in [0.5, 0.6) is 0 Å². The van der Waals surface area contributed by atoms with E-state index >= 15 is 0 Å². The highest BCUT2D eigenvalue weighted by atomic mass is 16.3. The van der Waals surface area contributed by atoms with Crippen molar-refractivity contribution in [1.82, 2.24) is 4.90 Å². The van der Waals surface area contributed by atoms with E-state index in [1.807, 2.05) is 24.0 Å². The number of hydrogen-bond donors (Lipinski definition) is 2. The van der Waals surface area contributed by atoms with Crippen LogP contribution in [-0.4, -0.2) is 35.2 Å². The van der Waals surface area contributed by atoms with Gasteiger partial charge in [-0.1, -0.05) is 12.1 Å². The Morgan fingerprint density at radius 3 is 2.73 bits per heavy atom. The fourth-order valence-electron chi connectivity index (χ4n) is 3.68. The second kappa shape index (κ2) is 6.69. The van der Waals surface area contributed by atoms with Crippen molar-refractivity contribution in [2.75, 3.05) is 18.4 Å². The number of fused-ring (bicyclic) bond motifs is 1. The summed E-state index contributed by atoms with van der Waals surface area (Å²) in [5.74, 6) is 0.327. The van der Waals surface area contributed by atoms with Crippen molar-refractivity contribution in [3.8, 4) is 0 Å². The number of likely N-dealkylation sites (tertiary alicyclic amines) is 1. The molecule has 4 nitrogen and oxygen atoms in total. The van der Waals surface area contributed by atoms with Gasteiger partial charge in [0.15, 0.2) is 0 Å². The first-order valence-corrected chi connectivity index (χ1v) is 8.50. The molecule has 1 heterocycles. The number of carbonyl (C=O) groups is 1. The van der Waals surface area contributed by atoms with Crippen molar-refractivity contribution in [2.24, 2.45) is 5.92 Å². The lowest BCUT2D eigenvalue weighted by Gasteiger charge is -2.33. The van der Waals surface area contributed by atoms with Crippen molar-refractivity contribution in [3.63, 3.8) is 0 Å². The fourth-order valence-corrected chi connectivity index (χ4v) is 3.68. The minimum atomic E-state index is -0.272. The summed E-state index contributed by atoms with van der Waals surface area (Å²) in [6.07, 6.45) is 6.15. The summed E-state index contributed by atoms with van der Waals surface area (Å²) in [4.78, 5) is 14.4.